The van der Waals surface area contributed by atoms with E-state index in [1.54, 1.807) is 16.9 Å². The maximum absolute atomic E-state index is 14.1. The molecular weight excluding hydrogens is 452 g/mol. The largest absolute Gasteiger partial charge is 0.453 e. The molecule has 2 aliphatic heterocycles. The summed E-state index contributed by atoms with van der Waals surface area (Å²) in [6.07, 6.45) is 1.06. The van der Waals surface area contributed by atoms with Crippen LogP contribution in [0.2, 0.25) is 0 Å². The number of hydrogen-bond acceptors (Lipinski definition) is 5. The number of likely N-dealkylation sites (tertiary alicyclic amines) is 1. The van der Waals surface area contributed by atoms with E-state index >= 15 is 0 Å². The lowest BCUT2D eigenvalue weighted by atomic mass is 9.52. The van der Waals surface area contributed by atoms with Crippen molar-refractivity contribution < 1.29 is 24.2 Å². The number of halogens is 1. The number of carbonyl (C=O) groups is 2. The van der Waals surface area contributed by atoms with Gasteiger partial charge in [0.2, 0.25) is 5.91 Å². The molecule has 2 amide bonds. The second-order valence-corrected chi connectivity index (χ2v) is 9.78. The van der Waals surface area contributed by atoms with E-state index < -0.39 is 23.0 Å². The molecule has 7 nitrogen and oxygen atoms in total. The molecule has 0 aromatic heterocycles. The highest BCUT2D eigenvalue weighted by Gasteiger charge is 2.79. The number of methoxy groups -OCH3 is 2. The van der Waals surface area contributed by atoms with Gasteiger partial charge in [-0.15, -0.1) is 6.58 Å². The van der Waals surface area contributed by atoms with Gasteiger partial charge in [0, 0.05) is 29.8 Å². The van der Waals surface area contributed by atoms with E-state index in [0.29, 0.717) is 13.0 Å². The highest BCUT2D eigenvalue weighted by molar-refractivity contribution is 9.09. The van der Waals surface area contributed by atoms with Crippen molar-refractivity contribution in [2.75, 3.05) is 32.4 Å². The van der Waals surface area contributed by atoms with E-state index in [1.807, 2.05) is 30.3 Å². The number of anilines is 1. The van der Waals surface area contributed by atoms with E-state index in [-0.39, 0.29) is 35.3 Å². The third-order valence-electron chi connectivity index (χ3n) is 7.91. The number of alkyl halides is 1. The van der Waals surface area contributed by atoms with Crippen LogP contribution in [0.4, 0.5) is 10.5 Å². The average molecular weight is 477 g/mol. The SMILES string of the molecule is C=C[C@]12CN(C(=O)OC)[C@@H]3[C@H](Br)[C@H]1C[C@@H](O)[C@@]1(C(=O)N(COC)c4ccccc41)[C@@H]32. The van der Waals surface area contributed by atoms with Gasteiger partial charge in [-0.2, -0.15) is 0 Å². The molecule has 8 heteroatoms. The number of benzene rings is 1. The summed E-state index contributed by atoms with van der Waals surface area (Å²) in [5, 5.41) is 11.5. The molecule has 2 heterocycles. The number of fused-ring (bicyclic) bond motifs is 2. The van der Waals surface area contributed by atoms with E-state index in [0.717, 1.165) is 11.3 Å². The van der Waals surface area contributed by atoms with Crippen molar-refractivity contribution in [3.63, 3.8) is 0 Å². The van der Waals surface area contributed by atoms with Gasteiger partial charge >= 0.3 is 6.09 Å². The van der Waals surface area contributed by atoms with Crippen molar-refractivity contribution in [2.45, 2.75) is 28.8 Å². The fourth-order valence-electron chi connectivity index (χ4n) is 6.94. The topological polar surface area (TPSA) is 79.3 Å². The third kappa shape index (κ3) is 2.03. The van der Waals surface area contributed by atoms with Gasteiger partial charge in [0.1, 0.15) is 12.1 Å². The molecule has 3 fully saturated rings. The zero-order valence-corrected chi connectivity index (χ0v) is 18.5. The molecule has 1 saturated heterocycles. The average Bonchev–Trinajstić information content (AvgIpc) is 3.28. The number of piperidine rings is 1. The van der Waals surface area contributed by atoms with Crippen LogP contribution in [-0.2, 0) is 19.7 Å². The highest BCUT2D eigenvalue weighted by atomic mass is 79.9. The van der Waals surface area contributed by atoms with Crippen molar-refractivity contribution in [3.8, 4) is 0 Å². The van der Waals surface area contributed by atoms with Crippen LogP contribution in [0, 0.1) is 17.3 Å². The van der Waals surface area contributed by atoms with Crippen LogP contribution >= 0.6 is 15.9 Å². The molecule has 1 spiro atoms. The van der Waals surface area contributed by atoms with Gasteiger partial charge in [0.15, 0.2) is 0 Å². The number of amides is 2. The lowest BCUT2D eigenvalue weighted by Crippen LogP contribution is -2.61. The van der Waals surface area contributed by atoms with Crippen molar-refractivity contribution in [2.24, 2.45) is 17.3 Å². The summed E-state index contributed by atoms with van der Waals surface area (Å²) in [6.45, 7) is 4.67. The van der Waals surface area contributed by atoms with Gasteiger partial charge in [-0.3, -0.25) is 9.69 Å². The standard InChI is InChI=1S/C22H25BrN2O5/c1-4-21-10-24(20(28)30-3)17-16(23)13(21)9-15(26)22(18(17)21)12-7-5-6-8-14(12)25(11-29-2)19(22)27/h4-8,13,15-18,26H,1,9-11H2,2-3H3/t13-,15-,16-,17-,18+,21+,22-/m1/s1. The molecule has 1 aromatic rings. The molecule has 2 saturated carbocycles. The van der Waals surface area contributed by atoms with Crippen molar-refractivity contribution >= 4 is 33.6 Å². The van der Waals surface area contributed by atoms with Crippen molar-refractivity contribution in [1.82, 2.24) is 4.90 Å². The number of hydrogen-bond donors (Lipinski definition) is 1. The number of nitrogens with zero attached hydrogens (tertiary/aromatic N) is 2. The third-order valence-corrected chi connectivity index (χ3v) is 9.09. The first-order valence-corrected chi connectivity index (χ1v) is 11.0. The summed E-state index contributed by atoms with van der Waals surface area (Å²) >= 11 is 3.82. The molecule has 1 N–H and O–H groups in total. The Morgan fingerprint density at radius 2 is 2.13 bits per heavy atom. The second kappa shape index (κ2) is 6.55. The zero-order chi connectivity index (χ0) is 21.4. The first-order chi connectivity index (χ1) is 14.4. The van der Waals surface area contributed by atoms with Crippen molar-refractivity contribution in [3.05, 3.63) is 42.5 Å². The fourth-order valence-corrected chi connectivity index (χ4v) is 8.24. The second-order valence-electron chi connectivity index (χ2n) is 8.72. The van der Waals surface area contributed by atoms with Gasteiger partial charge in [0.25, 0.3) is 0 Å². The molecule has 2 aliphatic carbocycles. The number of carbonyl (C=O) groups excluding carboxylic acids is 2. The summed E-state index contributed by atoms with van der Waals surface area (Å²) in [5.41, 5.74) is -0.121. The fraction of sp³-hybridized carbons (Fsp3) is 0.545. The van der Waals surface area contributed by atoms with Crippen LogP contribution in [-0.4, -0.2) is 66.5 Å². The Bertz CT molecular complexity index is 940. The van der Waals surface area contributed by atoms with E-state index in [1.165, 1.54) is 7.11 Å². The van der Waals surface area contributed by atoms with Crippen molar-refractivity contribution in [1.29, 1.82) is 0 Å². The molecule has 0 radical (unpaired) electrons. The summed E-state index contributed by atoms with van der Waals surface area (Å²) in [5.74, 6) is -0.427. The Kier molecular flexibility index (Phi) is 4.37. The van der Waals surface area contributed by atoms with Crippen LogP contribution in [0.15, 0.2) is 36.9 Å². The molecular formula is C22H25BrN2O5. The summed E-state index contributed by atoms with van der Waals surface area (Å²) in [4.78, 5) is 29.9. The van der Waals surface area contributed by atoms with Gasteiger partial charge < -0.3 is 19.5 Å². The molecule has 0 unspecified atom stereocenters. The van der Waals surface area contributed by atoms with Crippen LogP contribution < -0.4 is 4.90 Å². The molecule has 4 bridgehead atoms. The number of para-hydroxylation sites is 1. The minimum Gasteiger partial charge on any atom is -0.453 e. The van der Waals surface area contributed by atoms with Gasteiger partial charge in [-0.05, 0) is 24.0 Å². The zero-order valence-electron chi connectivity index (χ0n) is 17.0. The molecule has 160 valence electrons. The predicted octanol–water partition coefficient (Wildman–Crippen LogP) is 2.27. The van der Waals surface area contributed by atoms with Gasteiger partial charge in [-0.25, -0.2) is 4.79 Å². The summed E-state index contributed by atoms with van der Waals surface area (Å²) in [6, 6.07) is 7.29. The summed E-state index contributed by atoms with van der Waals surface area (Å²) in [7, 11) is 2.91. The maximum Gasteiger partial charge on any atom is 0.409 e. The van der Waals surface area contributed by atoms with Crippen LogP contribution in [0.1, 0.15) is 12.0 Å². The number of aliphatic hydroxyl groups excluding tert-OH is 1. The first kappa shape index (κ1) is 20.0. The van der Waals surface area contributed by atoms with Gasteiger partial charge in [0.05, 0.1) is 24.9 Å². The van der Waals surface area contributed by atoms with Gasteiger partial charge in [-0.1, -0.05) is 40.2 Å². The normalized spacial score (nSPS) is 40.8. The molecule has 4 aliphatic rings. The van der Waals surface area contributed by atoms with E-state index in [9.17, 15) is 14.7 Å². The monoisotopic (exact) mass is 476 g/mol. The summed E-state index contributed by atoms with van der Waals surface area (Å²) < 4.78 is 10.4. The molecule has 1 aromatic carbocycles. The lowest BCUT2D eigenvalue weighted by Gasteiger charge is -2.50. The molecule has 7 atom stereocenters. The quantitative estimate of drug-likeness (QED) is 0.534. The predicted molar refractivity (Wildman–Crippen MR) is 113 cm³/mol. The Balaban J connectivity index is 1.77. The lowest BCUT2D eigenvalue weighted by molar-refractivity contribution is -0.137. The minimum atomic E-state index is -1.17. The van der Waals surface area contributed by atoms with Crippen LogP contribution in [0.25, 0.3) is 0 Å². The Morgan fingerprint density at radius 1 is 1.40 bits per heavy atom. The smallest absolute Gasteiger partial charge is 0.409 e. The van der Waals surface area contributed by atoms with E-state index in [2.05, 4.69) is 22.5 Å². The first-order valence-electron chi connectivity index (χ1n) is 10.1. The molecule has 30 heavy (non-hydrogen) atoms. The Morgan fingerprint density at radius 3 is 2.80 bits per heavy atom. The molecule has 5 rings (SSSR count). The Hall–Kier alpha value is -1.90. The van der Waals surface area contributed by atoms with Crippen LogP contribution in [0.5, 0.6) is 0 Å². The Labute approximate surface area is 183 Å². The maximum atomic E-state index is 14.1. The number of ether oxygens (including phenoxy) is 2. The minimum absolute atomic E-state index is 0.0705. The van der Waals surface area contributed by atoms with E-state index in [4.69, 9.17) is 9.47 Å². The number of aliphatic hydroxyl groups is 1. The number of rotatable bonds is 3. The van der Waals surface area contributed by atoms with Crippen LogP contribution in [0.3, 0.4) is 0 Å². The highest BCUT2D eigenvalue weighted by Crippen LogP contribution is 2.71.